The van der Waals surface area contributed by atoms with Crippen LogP contribution in [0, 0.1) is 46.8 Å². The van der Waals surface area contributed by atoms with Crippen LogP contribution in [0.15, 0.2) is 0 Å². The topological polar surface area (TPSA) is 92.7 Å². The molecule has 33 heavy (non-hydrogen) atoms. The molecule has 0 aromatic carbocycles. The highest BCUT2D eigenvalue weighted by atomic mass is 16.7. The van der Waals surface area contributed by atoms with E-state index in [1.165, 1.54) is 0 Å². The molecule has 0 bridgehead atoms. The van der Waals surface area contributed by atoms with Crippen LogP contribution in [0.2, 0.25) is 0 Å². The third-order valence-electron chi connectivity index (χ3n) is 9.89. The lowest BCUT2D eigenvalue weighted by Gasteiger charge is -2.61. The summed E-state index contributed by atoms with van der Waals surface area (Å²) in [7, 11) is 3.31. The largest absolute Gasteiger partial charge is 0.462 e. The Morgan fingerprint density at radius 1 is 1.00 bits per heavy atom. The van der Waals surface area contributed by atoms with Gasteiger partial charge in [-0.05, 0) is 60.7 Å². The zero-order valence-corrected chi connectivity index (χ0v) is 20.3. The first-order valence-electron chi connectivity index (χ1n) is 12.6. The van der Waals surface area contributed by atoms with E-state index in [1.807, 2.05) is 0 Å². The monoisotopic (exact) mass is 468 g/mol. The first-order chi connectivity index (χ1) is 15.9. The first kappa shape index (κ1) is 23.9. The molecule has 1 saturated heterocycles. The Morgan fingerprint density at radius 3 is 2.55 bits per heavy atom. The Morgan fingerprint density at radius 2 is 1.79 bits per heavy atom. The van der Waals surface area contributed by atoms with Gasteiger partial charge in [-0.2, -0.15) is 0 Å². The molecule has 0 aromatic rings. The van der Waals surface area contributed by atoms with Gasteiger partial charge in [0, 0.05) is 20.1 Å². The molecule has 12 atom stereocenters. The van der Waals surface area contributed by atoms with E-state index in [2.05, 4.69) is 13.8 Å². The van der Waals surface area contributed by atoms with Crippen LogP contribution in [-0.2, 0) is 33.2 Å². The Kier molecular flexibility index (Phi) is 6.79. The molecule has 4 saturated carbocycles. The number of hydrogen-bond acceptors (Lipinski definition) is 8. The molecule has 1 heterocycles. The molecular weight excluding hydrogens is 428 g/mol. The lowest BCUT2D eigenvalue weighted by Crippen LogP contribution is -2.61. The van der Waals surface area contributed by atoms with Crippen molar-refractivity contribution in [3.05, 3.63) is 0 Å². The molecule has 5 aliphatic rings. The normalized spacial score (nSPS) is 50.1. The number of esters is 1. The van der Waals surface area contributed by atoms with Gasteiger partial charge in [-0.25, -0.2) is 0 Å². The van der Waals surface area contributed by atoms with Gasteiger partial charge in [0.05, 0.1) is 37.4 Å². The average Bonchev–Trinajstić information content (AvgIpc) is 3.26. The Bertz CT molecular complexity index is 717. The zero-order valence-electron chi connectivity index (χ0n) is 20.3. The van der Waals surface area contributed by atoms with E-state index in [4.69, 9.17) is 28.4 Å². The van der Waals surface area contributed by atoms with Gasteiger partial charge in [-0.1, -0.05) is 13.8 Å². The van der Waals surface area contributed by atoms with Crippen molar-refractivity contribution in [2.24, 2.45) is 46.8 Å². The summed E-state index contributed by atoms with van der Waals surface area (Å²) in [6, 6.07) is 0. The third-order valence-corrected chi connectivity index (χ3v) is 9.89. The van der Waals surface area contributed by atoms with E-state index >= 15 is 0 Å². The number of rotatable bonds is 9. The van der Waals surface area contributed by atoms with Crippen molar-refractivity contribution in [1.82, 2.24) is 0 Å². The number of ether oxygens (including phenoxy) is 6. The molecule has 0 radical (unpaired) electrons. The SMILES string of the molecule is COCCOCO[C@@H]1C[C@H]2[C@@H](OCOC)C[C@H](C)[C@H]3C[C@@H](O)[C@H]4C(=O)O[C@H]5C[C@H]1[C@@H]([C@@H]45)[C@@]32C. The van der Waals surface area contributed by atoms with Gasteiger partial charge in [0.2, 0.25) is 0 Å². The second-order valence-corrected chi connectivity index (χ2v) is 11.2. The van der Waals surface area contributed by atoms with Crippen molar-refractivity contribution in [3.8, 4) is 0 Å². The van der Waals surface area contributed by atoms with Gasteiger partial charge in [0.15, 0.2) is 0 Å². The smallest absolute Gasteiger partial charge is 0.312 e. The number of carbonyl (C=O) groups is 1. The molecule has 1 N–H and O–H groups in total. The van der Waals surface area contributed by atoms with Crippen LogP contribution in [0.25, 0.3) is 0 Å². The number of methoxy groups -OCH3 is 2. The van der Waals surface area contributed by atoms with Crippen molar-refractivity contribution >= 4 is 5.97 Å². The number of carbonyl (C=O) groups excluding carboxylic acids is 1. The molecule has 188 valence electrons. The van der Waals surface area contributed by atoms with Crippen molar-refractivity contribution < 1.29 is 38.3 Å². The minimum absolute atomic E-state index is 0.0125. The molecule has 5 rings (SSSR count). The van der Waals surface area contributed by atoms with Gasteiger partial charge in [-0.3, -0.25) is 4.79 Å². The van der Waals surface area contributed by atoms with Crippen molar-refractivity contribution in [1.29, 1.82) is 0 Å². The summed E-state index contributed by atoms with van der Waals surface area (Å²) < 4.78 is 34.5. The fourth-order valence-electron chi connectivity index (χ4n) is 8.80. The number of aliphatic hydroxyl groups is 1. The van der Waals surface area contributed by atoms with E-state index in [9.17, 15) is 9.90 Å². The van der Waals surface area contributed by atoms with Crippen LogP contribution in [0.1, 0.15) is 39.5 Å². The first-order valence-corrected chi connectivity index (χ1v) is 12.6. The molecule has 8 heteroatoms. The van der Waals surface area contributed by atoms with E-state index in [-0.39, 0.29) is 67.0 Å². The lowest BCUT2D eigenvalue weighted by atomic mass is 9.45. The Hall–Kier alpha value is -0.770. The van der Waals surface area contributed by atoms with Gasteiger partial charge < -0.3 is 33.5 Å². The fraction of sp³-hybridized carbons (Fsp3) is 0.960. The van der Waals surface area contributed by atoms with Crippen molar-refractivity contribution in [2.45, 2.75) is 63.9 Å². The summed E-state index contributed by atoms with van der Waals surface area (Å²) in [4.78, 5) is 12.8. The Balaban J connectivity index is 1.49. The second kappa shape index (κ2) is 9.36. The summed E-state index contributed by atoms with van der Waals surface area (Å²) in [5.41, 5.74) is -0.0549. The minimum Gasteiger partial charge on any atom is -0.462 e. The summed E-state index contributed by atoms with van der Waals surface area (Å²) >= 11 is 0. The van der Waals surface area contributed by atoms with Crippen LogP contribution in [0.5, 0.6) is 0 Å². The van der Waals surface area contributed by atoms with E-state index in [1.54, 1.807) is 14.2 Å². The van der Waals surface area contributed by atoms with Crippen LogP contribution in [0.3, 0.4) is 0 Å². The molecular formula is C25H40O8. The molecule has 0 aromatic heterocycles. The third kappa shape index (κ3) is 3.76. The van der Waals surface area contributed by atoms with E-state index in [0.717, 1.165) is 19.3 Å². The highest BCUT2D eigenvalue weighted by Gasteiger charge is 2.72. The summed E-state index contributed by atoms with van der Waals surface area (Å²) in [6.45, 7) is 6.22. The molecule has 8 nitrogen and oxygen atoms in total. The lowest BCUT2D eigenvalue weighted by molar-refractivity contribution is -0.229. The van der Waals surface area contributed by atoms with Crippen LogP contribution >= 0.6 is 0 Å². The van der Waals surface area contributed by atoms with Gasteiger partial charge >= 0.3 is 5.97 Å². The summed E-state index contributed by atoms with van der Waals surface area (Å²) in [5.74, 6) is 0.944. The highest BCUT2D eigenvalue weighted by Crippen LogP contribution is 2.70. The molecule has 0 unspecified atom stereocenters. The van der Waals surface area contributed by atoms with E-state index < -0.39 is 12.0 Å². The average molecular weight is 469 g/mol. The maximum Gasteiger partial charge on any atom is 0.312 e. The Labute approximate surface area is 196 Å². The number of hydrogen-bond donors (Lipinski definition) is 1. The molecule has 0 spiro atoms. The number of aliphatic hydroxyl groups excluding tert-OH is 1. The predicted octanol–water partition coefficient (Wildman–Crippen LogP) is 2.22. The molecule has 5 fully saturated rings. The van der Waals surface area contributed by atoms with Crippen LogP contribution in [-0.4, -0.2) is 76.5 Å². The molecule has 4 aliphatic carbocycles. The summed E-state index contributed by atoms with van der Waals surface area (Å²) in [6.07, 6.45) is 2.58. The van der Waals surface area contributed by atoms with Gasteiger partial charge in [0.25, 0.3) is 0 Å². The zero-order chi connectivity index (χ0) is 23.3. The van der Waals surface area contributed by atoms with Crippen molar-refractivity contribution in [3.63, 3.8) is 0 Å². The minimum atomic E-state index is -0.644. The highest BCUT2D eigenvalue weighted by molar-refractivity contribution is 5.76. The summed E-state index contributed by atoms with van der Waals surface area (Å²) in [5, 5.41) is 11.2. The maximum atomic E-state index is 12.8. The van der Waals surface area contributed by atoms with Crippen LogP contribution < -0.4 is 0 Å². The molecule has 1 aliphatic heterocycles. The predicted molar refractivity (Wildman–Crippen MR) is 117 cm³/mol. The van der Waals surface area contributed by atoms with Gasteiger partial charge in [0.1, 0.15) is 19.7 Å². The van der Waals surface area contributed by atoms with E-state index in [0.29, 0.717) is 31.5 Å². The quantitative estimate of drug-likeness (QED) is 0.313. The second-order valence-electron chi connectivity index (χ2n) is 11.2. The van der Waals surface area contributed by atoms with Gasteiger partial charge in [-0.15, -0.1) is 0 Å². The molecule has 0 amide bonds. The maximum absolute atomic E-state index is 12.8. The fourth-order valence-corrected chi connectivity index (χ4v) is 8.80. The van der Waals surface area contributed by atoms with Crippen molar-refractivity contribution in [2.75, 3.05) is 41.0 Å². The van der Waals surface area contributed by atoms with Crippen LogP contribution in [0.4, 0.5) is 0 Å². The standard InChI is InChI=1S/C25H40O8/c1-13-7-19(31-11-29-4)16-10-18(32-12-30-6-5-28-3)14-8-20-22-21(24(27)33-20)17(26)9-15(13)25(16,2)23(14)22/h13-23,26H,5-12H2,1-4H3/t13-,14+,15+,16-,17+,18+,19-,20-,21+,22+,23-,25-/m0/s1.